The monoisotopic (exact) mass is 411 g/mol. The SMILES string of the molecule is Cc1ccccc1-n1ncc2c1CC(C)(C)CC2NCc1cccn1-c1ccccn1. The van der Waals surface area contributed by atoms with Crippen molar-refractivity contribution in [2.75, 3.05) is 0 Å². The van der Waals surface area contributed by atoms with Gasteiger partial charge in [-0.2, -0.15) is 5.10 Å². The van der Waals surface area contributed by atoms with Crippen LogP contribution in [0, 0.1) is 12.3 Å². The third-order valence-corrected chi connectivity index (χ3v) is 6.28. The molecule has 0 aliphatic heterocycles. The summed E-state index contributed by atoms with van der Waals surface area (Å²) in [6, 6.07) is 19.0. The summed E-state index contributed by atoms with van der Waals surface area (Å²) in [6.07, 6.45) is 8.09. The van der Waals surface area contributed by atoms with Crippen molar-refractivity contribution in [3.05, 3.63) is 95.7 Å². The molecule has 0 spiro atoms. The molecule has 1 aliphatic rings. The number of fused-ring (bicyclic) bond motifs is 1. The van der Waals surface area contributed by atoms with E-state index in [-0.39, 0.29) is 11.5 Å². The van der Waals surface area contributed by atoms with Crippen molar-refractivity contribution in [2.24, 2.45) is 5.41 Å². The van der Waals surface area contributed by atoms with Gasteiger partial charge in [-0.3, -0.25) is 0 Å². The second kappa shape index (κ2) is 7.82. The summed E-state index contributed by atoms with van der Waals surface area (Å²) < 4.78 is 4.30. The van der Waals surface area contributed by atoms with E-state index in [2.05, 4.69) is 89.1 Å². The zero-order valence-corrected chi connectivity index (χ0v) is 18.4. The van der Waals surface area contributed by atoms with Gasteiger partial charge in [0, 0.05) is 41.9 Å². The van der Waals surface area contributed by atoms with Gasteiger partial charge in [-0.05, 0) is 61.1 Å². The first kappa shape index (κ1) is 19.8. The minimum atomic E-state index is 0.202. The van der Waals surface area contributed by atoms with Gasteiger partial charge in [0.25, 0.3) is 0 Å². The highest BCUT2D eigenvalue weighted by atomic mass is 15.3. The highest BCUT2D eigenvalue weighted by Gasteiger charge is 2.35. The van der Waals surface area contributed by atoms with Gasteiger partial charge in [0.15, 0.2) is 0 Å². The Bertz CT molecular complexity index is 1190. The van der Waals surface area contributed by atoms with Crippen LogP contribution in [-0.2, 0) is 13.0 Å². The fourth-order valence-corrected chi connectivity index (χ4v) is 4.74. The molecule has 5 rings (SSSR count). The number of nitrogens with zero attached hydrogens (tertiary/aromatic N) is 4. The fraction of sp³-hybridized carbons (Fsp3) is 0.308. The van der Waals surface area contributed by atoms with Gasteiger partial charge in [0.05, 0.1) is 11.9 Å². The average molecular weight is 412 g/mol. The van der Waals surface area contributed by atoms with E-state index >= 15 is 0 Å². The molecule has 0 fully saturated rings. The summed E-state index contributed by atoms with van der Waals surface area (Å²) in [5, 5.41) is 8.64. The van der Waals surface area contributed by atoms with Crippen molar-refractivity contribution in [1.82, 2.24) is 24.6 Å². The van der Waals surface area contributed by atoms with E-state index in [4.69, 9.17) is 5.10 Å². The van der Waals surface area contributed by atoms with Gasteiger partial charge < -0.3 is 9.88 Å². The van der Waals surface area contributed by atoms with Crippen molar-refractivity contribution >= 4 is 0 Å². The van der Waals surface area contributed by atoms with Crippen LogP contribution in [0.4, 0.5) is 0 Å². The highest BCUT2D eigenvalue weighted by molar-refractivity contribution is 5.43. The predicted molar refractivity (Wildman–Crippen MR) is 124 cm³/mol. The molecule has 0 radical (unpaired) electrons. The van der Waals surface area contributed by atoms with Crippen molar-refractivity contribution in [3.63, 3.8) is 0 Å². The Morgan fingerprint density at radius 2 is 1.90 bits per heavy atom. The minimum absolute atomic E-state index is 0.202. The summed E-state index contributed by atoms with van der Waals surface area (Å²) in [7, 11) is 0. The summed E-state index contributed by atoms with van der Waals surface area (Å²) in [5.41, 5.74) is 6.46. The lowest BCUT2D eigenvalue weighted by Crippen LogP contribution is -2.34. The first-order valence-corrected chi connectivity index (χ1v) is 11.0. The molecular formula is C26H29N5. The van der Waals surface area contributed by atoms with E-state index in [1.165, 1.54) is 28.2 Å². The number of benzene rings is 1. The van der Waals surface area contributed by atoms with Gasteiger partial charge in [-0.1, -0.05) is 38.1 Å². The van der Waals surface area contributed by atoms with Crippen LogP contribution >= 0.6 is 0 Å². The Labute approximate surface area is 183 Å². The molecule has 1 unspecified atom stereocenters. The molecule has 0 saturated heterocycles. The zero-order chi connectivity index (χ0) is 21.4. The Hall–Kier alpha value is -3.18. The van der Waals surface area contributed by atoms with Crippen LogP contribution in [0.15, 0.2) is 73.2 Å². The second-order valence-corrected chi connectivity index (χ2v) is 9.28. The first-order valence-electron chi connectivity index (χ1n) is 11.0. The molecule has 0 saturated carbocycles. The Balaban J connectivity index is 1.44. The summed E-state index contributed by atoms with van der Waals surface area (Å²) in [5.74, 6) is 0.946. The van der Waals surface area contributed by atoms with E-state index < -0.39 is 0 Å². The van der Waals surface area contributed by atoms with Crippen LogP contribution in [0.3, 0.4) is 0 Å². The number of para-hydroxylation sites is 1. The Morgan fingerprint density at radius 1 is 1.06 bits per heavy atom. The van der Waals surface area contributed by atoms with E-state index in [0.29, 0.717) is 0 Å². The first-order chi connectivity index (χ1) is 15.0. The topological polar surface area (TPSA) is 47.7 Å². The van der Waals surface area contributed by atoms with Crippen molar-refractivity contribution in [3.8, 4) is 11.5 Å². The lowest BCUT2D eigenvalue weighted by atomic mass is 9.74. The summed E-state index contributed by atoms with van der Waals surface area (Å²) >= 11 is 0. The van der Waals surface area contributed by atoms with Gasteiger partial charge in [0.1, 0.15) is 5.82 Å². The molecule has 5 nitrogen and oxygen atoms in total. The van der Waals surface area contributed by atoms with E-state index in [1.54, 1.807) is 0 Å². The average Bonchev–Trinajstić information content (AvgIpc) is 3.39. The molecular weight excluding hydrogens is 382 g/mol. The number of hydrogen-bond acceptors (Lipinski definition) is 3. The highest BCUT2D eigenvalue weighted by Crippen LogP contribution is 2.41. The third-order valence-electron chi connectivity index (χ3n) is 6.28. The normalized spacial score (nSPS) is 17.5. The van der Waals surface area contributed by atoms with Gasteiger partial charge in [-0.25, -0.2) is 9.67 Å². The fourth-order valence-electron chi connectivity index (χ4n) is 4.74. The lowest BCUT2D eigenvalue weighted by molar-refractivity contribution is 0.252. The molecule has 1 aliphatic carbocycles. The predicted octanol–water partition coefficient (Wildman–Crippen LogP) is 5.17. The zero-order valence-electron chi connectivity index (χ0n) is 18.4. The molecule has 0 bridgehead atoms. The minimum Gasteiger partial charge on any atom is -0.304 e. The third kappa shape index (κ3) is 3.81. The number of pyridine rings is 1. The van der Waals surface area contributed by atoms with Crippen LogP contribution in [0.1, 0.15) is 48.8 Å². The summed E-state index contributed by atoms with van der Waals surface area (Å²) in [4.78, 5) is 4.50. The molecule has 0 amide bonds. The van der Waals surface area contributed by atoms with Crippen molar-refractivity contribution in [1.29, 1.82) is 0 Å². The lowest BCUT2D eigenvalue weighted by Gasteiger charge is -2.36. The van der Waals surface area contributed by atoms with E-state index in [1.807, 2.05) is 24.4 Å². The molecule has 31 heavy (non-hydrogen) atoms. The summed E-state index contributed by atoms with van der Waals surface area (Å²) in [6.45, 7) is 7.64. The quantitative estimate of drug-likeness (QED) is 0.493. The maximum absolute atomic E-state index is 4.82. The molecule has 1 aromatic carbocycles. The molecule has 5 heteroatoms. The maximum Gasteiger partial charge on any atom is 0.136 e. The molecule has 3 aromatic heterocycles. The van der Waals surface area contributed by atoms with Crippen LogP contribution in [0.2, 0.25) is 0 Å². The Morgan fingerprint density at radius 3 is 2.71 bits per heavy atom. The van der Waals surface area contributed by atoms with Gasteiger partial charge >= 0.3 is 0 Å². The van der Waals surface area contributed by atoms with Crippen molar-refractivity contribution in [2.45, 2.75) is 46.2 Å². The standard InChI is InChI=1S/C26H29N5/c1-19-9-4-5-11-23(19)31-24-16-26(2,3)15-22(21(24)18-29-31)28-17-20-10-8-14-30(20)25-12-6-7-13-27-25/h4-14,18,22,28H,15-17H2,1-3H3. The Kier molecular flexibility index (Phi) is 4.98. The number of hydrogen-bond donors (Lipinski definition) is 1. The smallest absolute Gasteiger partial charge is 0.136 e. The van der Waals surface area contributed by atoms with Crippen LogP contribution in [-0.4, -0.2) is 19.3 Å². The molecule has 4 aromatic rings. The van der Waals surface area contributed by atoms with Crippen LogP contribution in [0.25, 0.3) is 11.5 Å². The second-order valence-electron chi connectivity index (χ2n) is 9.28. The van der Waals surface area contributed by atoms with E-state index in [0.717, 1.165) is 25.2 Å². The number of aryl methyl sites for hydroxylation is 1. The maximum atomic E-state index is 4.82. The molecule has 1 atom stereocenters. The number of rotatable bonds is 5. The van der Waals surface area contributed by atoms with E-state index in [9.17, 15) is 0 Å². The van der Waals surface area contributed by atoms with Crippen LogP contribution in [0.5, 0.6) is 0 Å². The van der Waals surface area contributed by atoms with Crippen LogP contribution < -0.4 is 5.32 Å². The largest absolute Gasteiger partial charge is 0.304 e. The number of nitrogens with one attached hydrogen (secondary N) is 1. The molecule has 3 heterocycles. The van der Waals surface area contributed by atoms with Gasteiger partial charge in [-0.15, -0.1) is 0 Å². The van der Waals surface area contributed by atoms with Gasteiger partial charge in [0.2, 0.25) is 0 Å². The number of aromatic nitrogens is 4. The van der Waals surface area contributed by atoms with Crippen molar-refractivity contribution < 1.29 is 0 Å². The molecule has 1 N–H and O–H groups in total. The molecule has 158 valence electrons.